The number of halogens is 1. The number of ketones is 1. The van der Waals surface area contributed by atoms with Gasteiger partial charge in [-0.3, -0.25) is 9.69 Å². The van der Waals surface area contributed by atoms with Crippen molar-refractivity contribution in [1.82, 2.24) is 4.90 Å². The summed E-state index contributed by atoms with van der Waals surface area (Å²) in [6.45, 7) is 1.35. The van der Waals surface area contributed by atoms with Crippen molar-refractivity contribution >= 4 is 34.5 Å². The Morgan fingerprint density at radius 1 is 1.14 bits per heavy atom. The van der Waals surface area contributed by atoms with Crippen molar-refractivity contribution in [2.75, 3.05) is 34.4 Å². The number of Topliss-reactive ketones (excluding diaryl/α,β-unsaturated/α-hetero) is 1. The summed E-state index contributed by atoms with van der Waals surface area (Å²) in [5.41, 5.74) is 2.55. The maximum Gasteiger partial charge on any atom is 0.188 e. The minimum Gasteiger partial charge on any atom is -0.493 e. The summed E-state index contributed by atoms with van der Waals surface area (Å²) in [5.74, 6) is 1.46. The summed E-state index contributed by atoms with van der Waals surface area (Å²) in [6, 6.07) is 5.64. The molecule has 0 amide bonds. The number of carbonyl (C=O) groups excluding carboxylic acids is 1. The molecule has 1 aromatic carbocycles. The largest absolute Gasteiger partial charge is 0.493 e. The lowest BCUT2D eigenvalue weighted by Crippen LogP contribution is -2.34. The molecular formula is C16H18INO3. The average Bonchev–Trinajstić information content (AvgIpc) is 2.50. The quantitative estimate of drug-likeness (QED) is 0.579. The summed E-state index contributed by atoms with van der Waals surface area (Å²) in [6.07, 6.45) is 1.92. The zero-order valence-electron chi connectivity index (χ0n) is 12.4. The molecule has 1 saturated heterocycles. The van der Waals surface area contributed by atoms with Crippen molar-refractivity contribution < 1.29 is 14.3 Å². The van der Waals surface area contributed by atoms with E-state index in [1.807, 2.05) is 35.4 Å². The first-order valence-electron chi connectivity index (χ1n) is 6.54. The number of likely N-dealkylation sites (tertiary alicyclic amines) is 1. The van der Waals surface area contributed by atoms with Crippen LogP contribution >= 0.6 is 22.6 Å². The van der Waals surface area contributed by atoms with Crippen LogP contribution in [0, 0.1) is 0 Å². The molecule has 0 N–H and O–H groups in total. The van der Waals surface area contributed by atoms with E-state index in [0.717, 1.165) is 16.7 Å². The lowest BCUT2D eigenvalue weighted by atomic mass is 9.97. The van der Waals surface area contributed by atoms with E-state index in [-0.39, 0.29) is 5.78 Å². The Bertz CT molecular complexity index is 608. The van der Waals surface area contributed by atoms with Crippen LogP contribution in [0.25, 0.3) is 6.08 Å². The van der Waals surface area contributed by atoms with Crippen LogP contribution in [-0.2, 0) is 4.79 Å². The van der Waals surface area contributed by atoms with Crippen LogP contribution < -0.4 is 9.47 Å². The molecule has 1 aromatic rings. The second-order valence-corrected chi connectivity index (χ2v) is 5.54. The van der Waals surface area contributed by atoms with E-state index in [2.05, 4.69) is 27.5 Å². The monoisotopic (exact) mass is 399 g/mol. The second-order valence-electron chi connectivity index (χ2n) is 4.92. The highest BCUT2D eigenvalue weighted by Crippen LogP contribution is 2.29. The van der Waals surface area contributed by atoms with Crippen LogP contribution in [0.1, 0.15) is 5.56 Å². The highest BCUT2D eigenvalue weighted by Gasteiger charge is 2.23. The van der Waals surface area contributed by atoms with Crippen LogP contribution in [0.5, 0.6) is 11.5 Å². The number of carbonyl (C=O) groups is 1. The smallest absolute Gasteiger partial charge is 0.188 e. The van der Waals surface area contributed by atoms with E-state index in [4.69, 9.17) is 9.47 Å². The van der Waals surface area contributed by atoms with Gasteiger partial charge in [-0.25, -0.2) is 0 Å². The Morgan fingerprint density at radius 3 is 2.43 bits per heavy atom. The van der Waals surface area contributed by atoms with Gasteiger partial charge in [0.05, 0.1) is 14.2 Å². The molecule has 0 saturated carbocycles. The first-order chi connectivity index (χ1) is 10.1. The van der Waals surface area contributed by atoms with E-state index in [1.54, 1.807) is 14.2 Å². The molecule has 2 rings (SSSR count). The van der Waals surface area contributed by atoms with Gasteiger partial charge in [0.15, 0.2) is 17.3 Å². The first-order valence-corrected chi connectivity index (χ1v) is 7.78. The molecule has 0 unspecified atom stereocenters. The first kappa shape index (κ1) is 16.0. The number of hydrogen-bond acceptors (Lipinski definition) is 4. The van der Waals surface area contributed by atoms with Gasteiger partial charge in [0.2, 0.25) is 0 Å². The summed E-state index contributed by atoms with van der Waals surface area (Å²) in [7, 11) is 5.22. The molecule has 1 aliphatic heterocycles. The predicted octanol–water partition coefficient (Wildman–Crippen LogP) is 2.92. The number of benzene rings is 1. The van der Waals surface area contributed by atoms with E-state index < -0.39 is 0 Å². The third-order valence-electron chi connectivity index (χ3n) is 3.34. The van der Waals surface area contributed by atoms with Gasteiger partial charge in [-0.2, -0.15) is 0 Å². The number of likely N-dealkylation sites (N-methyl/N-ethyl adjacent to an activating group) is 1. The average molecular weight is 399 g/mol. The van der Waals surface area contributed by atoms with Crippen LogP contribution in [0.15, 0.2) is 33.4 Å². The van der Waals surface area contributed by atoms with Crippen molar-refractivity contribution in [3.05, 3.63) is 39.0 Å². The number of rotatable bonds is 3. The molecule has 21 heavy (non-hydrogen) atoms. The maximum atomic E-state index is 12.4. The molecule has 1 aliphatic rings. The molecule has 0 spiro atoms. The summed E-state index contributed by atoms with van der Waals surface area (Å²) < 4.78 is 12.4. The zero-order chi connectivity index (χ0) is 15.4. The van der Waals surface area contributed by atoms with Crippen LogP contribution in [0.3, 0.4) is 0 Å². The van der Waals surface area contributed by atoms with E-state index >= 15 is 0 Å². The van der Waals surface area contributed by atoms with E-state index in [0.29, 0.717) is 24.6 Å². The Kier molecular flexibility index (Phi) is 5.41. The molecular weight excluding hydrogens is 381 g/mol. The summed E-state index contributed by atoms with van der Waals surface area (Å²) >= 11 is 2.12. The molecule has 1 fully saturated rings. The highest BCUT2D eigenvalue weighted by atomic mass is 127. The SMILES string of the molecule is COc1ccc(/C=C2\CN(C)C/C(=C\I)C2=O)cc1OC. The standard InChI is InChI=1S/C16H18INO3/c1-18-9-12(16(19)13(8-17)10-18)6-11-4-5-14(20-2)15(7-11)21-3/h4-8H,9-10H2,1-3H3/b12-6+,13-8+. The van der Waals surface area contributed by atoms with Gasteiger partial charge < -0.3 is 9.47 Å². The number of hydrogen-bond donors (Lipinski definition) is 0. The van der Waals surface area contributed by atoms with Crippen LogP contribution in [0.2, 0.25) is 0 Å². The lowest BCUT2D eigenvalue weighted by Gasteiger charge is -2.25. The van der Waals surface area contributed by atoms with Crippen molar-refractivity contribution in [2.24, 2.45) is 0 Å². The predicted molar refractivity (Wildman–Crippen MR) is 92.1 cm³/mol. The van der Waals surface area contributed by atoms with Gasteiger partial charge in [0, 0.05) is 24.2 Å². The fourth-order valence-electron chi connectivity index (χ4n) is 2.33. The zero-order valence-corrected chi connectivity index (χ0v) is 14.5. The number of ether oxygens (including phenoxy) is 2. The summed E-state index contributed by atoms with van der Waals surface area (Å²) in [5, 5.41) is 0. The van der Waals surface area contributed by atoms with Crippen molar-refractivity contribution in [2.45, 2.75) is 0 Å². The normalized spacial score (nSPS) is 20.1. The topological polar surface area (TPSA) is 38.8 Å². The van der Waals surface area contributed by atoms with Crippen LogP contribution in [0.4, 0.5) is 0 Å². The minimum absolute atomic E-state index is 0.122. The maximum absolute atomic E-state index is 12.4. The van der Waals surface area contributed by atoms with Crippen molar-refractivity contribution in [3.63, 3.8) is 0 Å². The van der Waals surface area contributed by atoms with Crippen LogP contribution in [-0.4, -0.2) is 45.0 Å². The van der Waals surface area contributed by atoms with Gasteiger partial charge in [-0.05, 0) is 34.9 Å². The third-order valence-corrected chi connectivity index (χ3v) is 4.10. The summed E-state index contributed by atoms with van der Waals surface area (Å²) in [4.78, 5) is 14.5. The van der Waals surface area contributed by atoms with E-state index in [9.17, 15) is 4.79 Å². The molecule has 0 atom stereocenters. The molecule has 0 aromatic heterocycles. The van der Waals surface area contributed by atoms with Gasteiger partial charge in [0.25, 0.3) is 0 Å². The minimum atomic E-state index is 0.122. The Hall–Kier alpha value is -1.34. The molecule has 112 valence electrons. The molecule has 0 aliphatic carbocycles. The fourth-order valence-corrected chi connectivity index (χ4v) is 2.81. The van der Waals surface area contributed by atoms with Crippen molar-refractivity contribution in [3.8, 4) is 11.5 Å². The molecule has 0 radical (unpaired) electrons. The Morgan fingerprint density at radius 2 is 1.81 bits per heavy atom. The second kappa shape index (κ2) is 7.09. The molecule has 4 nitrogen and oxygen atoms in total. The number of piperidine rings is 1. The van der Waals surface area contributed by atoms with Gasteiger partial charge in [-0.15, -0.1) is 0 Å². The molecule has 0 bridgehead atoms. The molecule has 1 heterocycles. The van der Waals surface area contributed by atoms with E-state index in [1.165, 1.54) is 0 Å². The number of methoxy groups -OCH3 is 2. The van der Waals surface area contributed by atoms with Gasteiger partial charge >= 0.3 is 0 Å². The lowest BCUT2D eigenvalue weighted by molar-refractivity contribution is -0.113. The van der Waals surface area contributed by atoms with Crippen molar-refractivity contribution in [1.29, 1.82) is 0 Å². The fraction of sp³-hybridized carbons (Fsp3) is 0.312. The third kappa shape index (κ3) is 3.65. The Balaban J connectivity index is 2.36. The van der Waals surface area contributed by atoms with Gasteiger partial charge in [0.1, 0.15) is 0 Å². The molecule has 5 heteroatoms. The van der Waals surface area contributed by atoms with Gasteiger partial charge in [-0.1, -0.05) is 28.7 Å². The number of nitrogens with zero attached hydrogens (tertiary/aromatic N) is 1. The Labute approximate surface area is 138 Å². The highest BCUT2D eigenvalue weighted by molar-refractivity contribution is 14.1.